The van der Waals surface area contributed by atoms with Crippen LogP contribution < -0.4 is 0 Å². The van der Waals surface area contributed by atoms with Gasteiger partial charge in [0, 0.05) is 4.87 Å². The first kappa shape index (κ1) is 8.59. The van der Waals surface area contributed by atoms with Crippen molar-refractivity contribution in [2.45, 2.75) is 57.2 Å². The van der Waals surface area contributed by atoms with E-state index in [4.69, 9.17) is 11.6 Å². The zero-order valence-electron chi connectivity index (χ0n) is 8.70. The number of rotatable bonds is 0. The van der Waals surface area contributed by atoms with Crippen molar-refractivity contribution in [1.29, 1.82) is 0 Å². The van der Waals surface area contributed by atoms with Crippen LogP contribution in [-0.4, -0.2) is 4.87 Å². The fraction of sp³-hybridized carbons (Fsp3) is 1.00. The Morgan fingerprint density at radius 1 is 0.923 bits per heavy atom. The normalized spacial score (nSPS) is 64.4. The van der Waals surface area contributed by atoms with E-state index in [1.165, 1.54) is 38.5 Å². The highest BCUT2D eigenvalue weighted by molar-refractivity contribution is 6.24. The molecule has 0 heterocycles. The molecule has 4 rings (SSSR count). The predicted molar refractivity (Wildman–Crippen MR) is 56.0 cm³/mol. The van der Waals surface area contributed by atoms with Crippen molar-refractivity contribution >= 4 is 11.6 Å². The quantitative estimate of drug-likeness (QED) is 0.517. The van der Waals surface area contributed by atoms with Crippen LogP contribution in [0.5, 0.6) is 0 Å². The van der Waals surface area contributed by atoms with Gasteiger partial charge in [0.05, 0.1) is 0 Å². The fourth-order valence-electron chi connectivity index (χ4n) is 5.31. The van der Waals surface area contributed by atoms with Crippen LogP contribution in [0.15, 0.2) is 0 Å². The minimum atomic E-state index is 0.197. The van der Waals surface area contributed by atoms with Gasteiger partial charge in [-0.25, -0.2) is 0 Å². The van der Waals surface area contributed by atoms with Gasteiger partial charge in [-0.2, -0.15) is 0 Å². The van der Waals surface area contributed by atoms with Crippen LogP contribution in [0.1, 0.15) is 52.4 Å². The van der Waals surface area contributed by atoms with Gasteiger partial charge in [0.1, 0.15) is 0 Å². The molecule has 0 nitrogen and oxygen atoms in total. The van der Waals surface area contributed by atoms with E-state index in [0.29, 0.717) is 10.8 Å². The molecule has 13 heavy (non-hydrogen) atoms. The molecule has 74 valence electrons. The highest BCUT2D eigenvalue weighted by Crippen LogP contribution is 2.68. The van der Waals surface area contributed by atoms with E-state index in [-0.39, 0.29) is 4.87 Å². The smallest absolute Gasteiger partial charge is 0.0459 e. The molecule has 1 heteroatoms. The van der Waals surface area contributed by atoms with Crippen LogP contribution in [0.3, 0.4) is 0 Å². The van der Waals surface area contributed by atoms with E-state index in [0.717, 1.165) is 5.92 Å². The van der Waals surface area contributed by atoms with Crippen molar-refractivity contribution in [2.75, 3.05) is 0 Å². The van der Waals surface area contributed by atoms with E-state index >= 15 is 0 Å². The summed E-state index contributed by atoms with van der Waals surface area (Å²) in [6, 6.07) is 0. The minimum absolute atomic E-state index is 0.197. The molecule has 0 radical (unpaired) electrons. The molecule has 0 aliphatic heterocycles. The first-order chi connectivity index (χ1) is 5.91. The molecule has 0 aromatic rings. The lowest BCUT2D eigenvalue weighted by Crippen LogP contribution is -2.55. The summed E-state index contributed by atoms with van der Waals surface area (Å²) in [7, 11) is 0. The summed E-state index contributed by atoms with van der Waals surface area (Å²) >= 11 is 6.71. The SMILES string of the molecule is C[C@@]12CC3CC(Cl)(C1)C[C@@](C)(C3)C2. The number of hydrogen-bond acceptors (Lipinski definition) is 0. The molecule has 4 aliphatic carbocycles. The second-order valence-corrected chi connectivity index (χ2v) is 7.58. The summed E-state index contributed by atoms with van der Waals surface area (Å²) in [5.41, 5.74) is 1.19. The second-order valence-electron chi connectivity index (χ2n) is 6.78. The summed E-state index contributed by atoms with van der Waals surface area (Å²) in [6.45, 7) is 4.93. The van der Waals surface area contributed by atoms with Gasteiger partial charge >= 0.3 is 0 Å². The average molecular weight is 199 g/mol. The van der Waals surface area contributed by atoms with E-state index in [9.17, 15) is 0 Å². The summed E-state index contributed by atoms with van der Waals surface area (Å²) < 4.78 is 0. The van der Waals surface area contributed by atoms with Gasteiger partial charge < -0.3 is 0 Å². The minimum Gasteiger partial charge on any atom is -0.119 e. The van der Waals surface area contributed by atoms with Crippen molar-refractivity contribution in [3.05, 3.63) is 0 Å². The lowest BCUT2D eigenvalue weighted by Gasteiger charge is -2.63. The van der Waals surface area contributed by atoms with E-state index in [2.05, 4.69) is 13.8 Å². The van der Waals surface area contributed by atoms with Gasteiger partial charge in [-0.1, -0.05) is 13.8 Å². The molecular formula is C12H19Cl. The summed E-state index contributed by atoms with van der Waals surface area (Å²) in [5.74, 6) is 0.948. The monoisotopic (exact) mass is 198 g/mol. The van der Waals surface area contributed by atoms with Crippen molar-refractivity contribution in [2.24, 2.45) is 16.7 Å². The van der Waals surface area contributed by atoms with Crippen LogP contribution in [0.2, 0.25) is 0 Å². The van der Waals surface area contributed by atoms with Crippen LogP contribution in [0, 0.1) is 16.7 Å². The molecule has 0 N–H and O–H groups in total. The van der Waals surface area contributed by atoms with Gasteiger partial charge in [-0.05, 0) is 55.3 Å². The molecule has 0 aromatic carbocycles. The second kappa shape index (κ2) is 2.10. The highest BCUT2D eigenvalue weighted by Gasteiger charge is 2.59. The lowest BCUT2D eigenvalue weighted by atomic mass is 9.45. The molecular weight excluding hydrogens is 180 g/mol. The van der Waals surface area contributed by atoms with Gasteiger partial charge in [0.2, 0.25) is 0 Å². The van der Waals surface area contributed by atoms with Crippen molar-refractivity contribution in [1.82, 2.24) is 0 Å². The zero-order valence-corrected chi connectivity index (χ0v) is 9.45. The van der Waals surface area contributed by atoms with Gasteiger partial charge in [0.25, 0.3) is 0 Å². The largest absolute Gasteiger partial charge is 0.119 e. The molecule has 4 saturated carbocycles. The topological polar surface area (TPSA) is 0 Å². The molecule has 0 saturated heterocycles. The third-order valence-corrected chi connectivity index (χ3v) is 4.98. The Labute approximate surface area is 86.0 Å². The maximum absolute atomic E-state index is 6.71. The molecule has 4 bridgehead atoms. The van der Waals surface area contributed by atoms with Crippen LogP contribution in [0.25, 0.3) is 0 Å². The predicted octanol–water partition coefficient (Wildman–Crippen LogP) is 3.97. The molecule has 0 spiro atoms. The van der Waals surface area contributed by atoms with Crippen LogP contribution in [0.4, 0.5) is 0 Å². The maximum atomic E-state index is 6.71. The molecule has 4 aliphatic rings. The summed E-state index contributed by atoms with van der Waals surface area (Å²) in [5, 5.41) is 0. The van der Waals surface area contributed by atoms with E-state index in [1.807, 2.05) is 0 Å². The number of halogens is 1. The van der Waals surface area contributed by atoms with E-state index in [1.54, 1.807) is 0 Å². The number of alkyl halides is 1. The van der Waals surface area contributed by atoms with Crippen LogP contribution >= 0.6 is 11.6 Å². The third-order valence-electron chi connectivity index (χ3n) is 4.56. The Bertz CT molecular complexity index is 207. The third kappa shape index (κ3) is 1.17. The summed E-state index contributed by atoms with van der Waals surface area (Å²) in [6.07, 6.45) is 8.22. The Hall–Kier alpha value is 0.290. The average Bonchev–Trinajstić information content (AvgIpc) is 1.71. The molecule has 0 unspecified atom stereocenters. The zero-order chi connectivity index (χ0) is 9.32. The van der Waals surface area contributed by atoms with Crippen molar-refractivity contribution in [3.63, 3.8) is 0 Å². The van der Waals surface area contributed by atoms with Gasteiger partial charge in [0.15, 0.2) is 0 Å². The Morgan fingerprint density at radius 3 is 1.85 bits per heavy atom. The lowest BCUT2D eigenvalue weighted by molar-refractivity contribution is -0.0802. The van der Waals surface area contributed by atoms with Gasteiger partial charge in [-0.15, -0.1) is 11.6 Å². The van der Waals surface area contributed by atoms with Gasteiger partial charge in [-0.3, -0.25) is 0 Å². The maximum Gasteiger partial charge on any atom is 0.0459 e. The highest BCUT2D eigenvalue weighted by atomic mass is 35.5. The Balaban J connectivity index is 2.03. The Morgan fingerprint density at radius 2 is 1.46 bits per heavy atom. The number of hydrogen-bond donors (Lipinski definition) is 0. The molecule has 2 atom stereocenters. The fourth-order valence-corrected chi connectivity index (χ4v) is 6.17. The first-order valence-electron chi connectivity index (χ1n) is 5.60. The summed E-state index contributed by atoms with van der Waals surface area (Å²) in [4.78, 5) is 0.197. The standard InChI is InChI=1S/C12H19Cl/c1-10-3-9-4-11(2,6-10)8-12(13,5-9)7-10/h9H,3-8H2,1-2H3/t9?,10-,11-,12?/m0/s1. The molecule has 0 aromatic heterocycles. The van der Waals surface area contributed by atoms with Crippen molar-refractivity contribution in [3.8, 4) is 0 Å². The van der Waals surface area contributed by atoms with E-state index < -0.39 is 0 Å². The van der Waals surface area contributed by atoms with Crippen molar-refractivity contribution < 1.29 is 0 Å². The van der Waals surface area contributed by atoms with Crippen LogP contribution in [-0.2, 0) is 0 Å². The Kier molecular flexibility index (Phi) is 1.39. The molecule has 0 amide bonds. The molecule has 4 fully saturated rings. The first-order valence-corrected chi connectivity index (χ1v) is 5.97.